The van der Waals surface area contributed by atoms with Gasteiger partial charge in [0.05, 0.1) is 17.0 Å². The minimum atomic E-state index is -3.07. The number of hydrogen-bond acceptors (Lipinski definition) is 5. The van der Waals surface area contributed by atoms with Crippen LogP contribution in [0.4, 0.5) is 0 Å². The second-order valence-corrected chi connectivity index (χ2v) is 7.59. The fourth-order valence-corrected chi connectivity index (χ4v) is 4.00. The summed E-state index contributed by atoms with van der Waals surface area (Å²) in [7, 11) is -3.07. The summed E-state index contributed by atoms with van der Waals surface area (Å²) in [6, 6.07) is -0.0842. The lowest BCUT2D eigenvalue weighted by Gasteiger charge is -2.28. The fourth-order valence-electron chi connectivity index (χ4n) is 2.83. The number of rotatable bonds is 4. The predicted octanol–water partition coefficient (Wildman–Crippen LogP) is 1.07. The van der Waals surface area contributed by atoms with Crippen molar-refractivity contribution in [3.05, 3.63) is 11.4 Å². The molecule has 2 atom stereocenters. The third kappa shape index (κ3) is 2.84. The van der Waals surface area contributed by atoms with Crippen molar-refractivity contribution >= 4 is 15.8 Å². The molecule has 1 aromatic rings. The molecule has 0 aromatic carbocycles. The van der Waals surface area contributed by atoms with Gasteiger partial charge in [-0.1, -0.05) is 18.6 Å². The Hall–Kier alpha value is -1.44. The van der Waals surface area contributed by atoms with Gasteiger partial charge >= 0.3 is 5.97 Å². The van der Waals surface area contributed by atoms with Gasteiger partial charge in [0.2, 0.25) is 0 Å². The largest absolute Gasteiger partial charge is 0.476 e. The Bertz CT molecular complexity index is 608. The van der Waals surface area contributed by atoms with Gasteiger partial charge in [0.15, 0.2) is 5.69 Å². The summed E-state index contributed by atoms with van der Waals surface area (Å²) in [6.45, 7) is 1.85. The quantitative estimate of drug-likeness (QED) is 0.892. The summed E-state index contributed by atoms with van der Waals surface area (Å²) in [5.74, 6) is -1.09. The molecule has 0 radical (unpaired) electrons. The van der Waals surface area contributed by atoms with Crippen LogP contribution in [0.15, 0.2) is 0 Å². The van der Waals surface area contributed by atoms with Gasteiger partial charge in [-0.2, -0.15) is 0 Å². The molecule has 1 aromatic heterocycles. The highest BCUT2D eigenvalue weighted by atomic mass is 32.2. The molecule has 112 valence electrons. The van der Waals surface area contributed by atoms with Crippen LogP contribution in [0, 0.1) is 0 Å². The second kappa shape index (κ2) is 5.51. The molecule has 1 heterocycles. The molecular weight excluding hydrogens is 282 g/mol. The highest BCUT2D eigenvalue weighted by Gasteiger charge is 2.32. The average Bonchev–Trinajstić information content (AvgIpc) is 2.81. The number of carbonyl (C=O) groups is 1. The van der Waals surface area contributed by atoms with Crippen LogP contribution in [-0.2, 0) is 16.3 Å². The molecule has 7 nitrogen and oxygen atoms in total. The van der Waals surface area contributed by atoms with Gasteiger partial charge < -0.3 is 5.11 Å². The summed E-state index contributed by atoms with van der Waals surface area (Å²) in [4.78, 5) is 11.1. The zero-order valence-corrected chi connectivity index (χ0v) is 12.4. The summed E-state index contributed by atoms with van der Waals surface area (Å²) >= 11 is 0. The van der Waals surface area contributed by atoms with Gasteiger partial charge in [-0.25, -0.2) is 17.9 Å². The third-order valence-electron chi connectivity index (χ3n) is 3.88. The molecule has 0 saturated heterocycles. The summed E-state index contributed by atoms with van der Waals surface area (Å²) < 4.78 is 25.0. The standard InChI is InChI=1S/C12H19N3O4S/c1-3-10-11(12(16)17)13-14-15(10)8-5-4-6-9(7-8)20(2,18)19/h8-9H,3-7H2,1-2H3,(H,16,17). The molecule has 1 saturated carbocycles. The van der Waals surface area contributed by atoms with Gasteiger partial charge in [0, 0.05) is 6.26 Å². The maximum atomic E-state index is 11.7. The van der Waals surface area contributed by atoms with Crippen LogP contribution in [0.2, 0.25) is 0 Å². The second-order valence-electron chi connectivity index (χ2n) is 5.26. The lowest BCUT2D eigenvalue weighted by molar-refractivity contribution is 0.0689. The fraction of sp³-hybridized carbons (Fsp3) is 0.750. The Balaban J connectivity index is 2.30. The summed E-state index contributed by atoms with van der Waals surface area (Å²) in [6.07, 6.45) is 4.51. The van der Waals surface area contributed by atoms with Crippen LogP contribution in [0.5, 0.6) is 0 Å². The first kappa shape index (κ1) is 15.0. The van der Waals surface area contributed by atoms with Crippen molar-refractivity contribution in [2.75, 3.05) is 6.26 Å². The molecule has 1 fully saturated rings. The van der Waals surface area contributed by atoms with E-state index in [0.29, 0.717) is 25.0 Å². The van der Waals surface area contributed by atoms with Crippen LogP contribution >= 0.6 is 0 Å². The Morgan fingerprint density at radius 2 is 2.15 bits per heavy atom. The lowest BCUT2D eigenvalue weighted by atomic mass is 9.94. The monoisotopic (exact) mass is 301 g/mol. The molecule has 0 bridgehead atoms. The van der Waals surface area contributed by atoms with E-state index in [0.717, 1.165) is 12.8 Å². The molecule has 0 aliphatic heterocycles. The van der Waals surface area contributed by atoms with Crippen LogP contribution in [0.1, 0.15) is 54.8 Å². The van der Waals surface area contributed by atoms with Crippen LogP contribution < -0.4 is 0 Å². The van der Waals surface area contributed by atoms with Crippen molar-refractivity contribution in [1.29, 1.82) is 0 Å². The van der Waals surface area contributed by atoms with Gasteiger partial charge in [-0.05, 0) is 25.7 Å². The molecular formula is C12H19N3O4S. The summed E-state index contributed by atoms with van der Waals surface area (Å²) in [5.41, 5.74) is 0.533. The molecule has 8 heteroatoms. The van der Waals surface area contributed by atoms with Crippen molar-refractivity contribution in [2.45, 2.75) is 50.3 Å². The molecule has 20 heavy (non-hydrogen) atoms. The number of carboxylic acids is 1. The smallest absolute Gasteiger partial charge is 0.358 e. The van der Waals surface area contributed by atoms with E-state index in [-0.39, 0.29) is 17.0 Å². The Kier molecular flexibility index (Phi) is 4.12. The molecule has 0 amide bonds. The molecule has 1 aliphatic rings. The van der Waals surface area contributed by atoms with Gasteiger partial charge in [0.1, 0.15) is 9.84 Å². The van der Waals surface area contributed by atoms with E-state index in [4.69, 9.17) is 5.11 Å². The van der Waals surface area contributed by atoms with E-state index in [1.54, 1.807) is 4.68 Å². The van der Waals surface area contributed by atoms with E-state index >= 15 is 0 Å². The van der Waals surface area contributed by atoms with Gasteiger partial charge in [-0.15, -0.1) is 5.10 Å². The maximum absolute atomic E-state index is 11.7. The average molecular weight is 301 g/mol. The number of hydrogen-bond donors (Lipinski definition) is 1. The highest BCUT2D eigenvalue weighted by molar-refractivity contribution is 7.91. The zero-order valence-electron chi connectivity index (χ0n) is 11.6. The van der Waals surface area contributed by atoms with Gasteiger partial charge in [0.25, 0.3) is 0 Å². The number of aromatic nitrogens is 3. The SMILES string of the molecule is CCc1c(C(=O)O)nnn1C1CCCC(S(C)(=O)=O)C1. The molecule has 2 unspecified atom stereocenters. The Morgan fingerprint density at radius 1 is 1.45 bits per heavy atom. The minimum absolute atomic E-state index is 0.0334. The summed E-state index contributed by atoms with van der Waals surface area (Å²) in [5, 5.41) is 16.4. The highest BCUT2D eigenvalue weighted by Crippen LogP contribution is 2.32. The molecule has 0 spiro atoms. The predicted molar refractivity (Wildman–Crippen MR) is 72.5 cm³/mol. The van der Waals surface area contributed by atoms with Crippen molar-refractivity contribution in [3.63, 3.8) is 0 Å². The van der Waals surface area contributed by atoms with E-state index in [9.17, 15) is 13.2 Å². The first-order valence-corrected chi connectivity index (χ1v) is 8.66. The van der Waals surface area contributed by atoms with E-state index in [1.165, 1.54) is 6.26 Å². The van der Waals surface area contributed by atoms with Crippen molar-refractivity contribution in [3.8, 4) is 0 Å². The van der Waals surface area contributed by atoms with Crippen LogP contribution in [0.25, 0.3) is 0 Å². The number of carboxylic acid groups (broad SMARTS) is 1. The normalized spacial score (nSPS) is 23.7. The van der Waals surface area contributed by atoms with Crippen molar-refractivity contribution in [2.24, 2.45) is 0 Å². The van der Waals surface area contributed by atoms with E-state index < -0.39 is 15.8 Å². The van der Waals surface area contributed by atoms with Crippen molar-refractivity contribution < 1.29 is 18.3 Å². The first-order chi connectivity index (χ1) is 9.34. The van der Waals surface area contributed by atoms with E-state index in [2.05, 4.69) is 10.3 Å². The van der Waals surface area contributed by atoms with Gasteiger partial charge in [-0.3, -0.25) is 0 Å². The lowest BCUT2D eigenvalue weighted by Crippen LogP contribution is -2.30. The minimum Gasteiger partial charge on any atom is -0.476 e. The number of nitrogens with zero attached hydrogens (tertiary/aromatic N) is 3. The number of aromatic carboxylic acids is 1. The maximum Gasteiger partial charge on any atom is 0.358 e. The number of sulfone groups is 1. The first-order valence-electron chi connectivity index (χ1n) is 6.70. The molecule has 2 rings (SSSR count). The molecule has 1 N–H and O–H groups in total. The van der Waals surface area contributed by atoms with Crippen LogP contribution in [-0.4, -0.2) is 46.0 Å². The topological polar surface area (TPSA) is 102 Å². The van der Waals surface area contributed by atoms with Crippen molar-refractivity contribution in [1.82, 2.24) is 15.0 Å². The third-order valence-corrected chi connectivity index (χ3v) is 5.52. The Labute approximate surface area is 117 Å². The van der Waals surface area contributed by atoms with E-state index in [1.807, 2.05) is 6.92 Å². The Morgan fingerprint density at radius 3 is 2.70 bits per heavy atom. The molecule has 1 aliphatic carbocycles. The zero-order chi connectivity index (χ0) is 14.9. The van der Waals surface area contributed by atoms with Crippen LogP contribution in [0.3, 0.4) is 0 Å².